The van der Waals surface area contributed by atoms with E-state index in [1.54, 1.807) is 11.8 Å². The van der Waals surface area contributed by atoms with Crippen molar-refractivity contribution in [2.45, 2.75) is 37.7 Å². The minimum Gasteiger partial charge on any atom is -0.483 e. The summed E-state index contributed by atoms with van der Waals surface area (Å²) in [5, 5.41) is 12.9. The lowest BCUT2D eigenvalue weighted by Crippen LogP contribution is -2.23. The van der Waals surface area contributed by atoms with Gasteiger partial charge in [-0.25, -0.2) is 0 Å². The average molecular weight is 302 g/mol. The minimum absolute atomic E-state index is 0.196. The fourth-order valence-corrected chi connectivity index (χ4v) is 3.60. The van der Waals surface area contributed by atoms with Gasteiger partial charge in [-0.2, -0.15) is 0 Å². The number of hydrogen-bond acceptors (Lipinski definition) is 3. The fourth-order valence-electron chi connectivity index (χ4n) is 3.35. The molecule has 0 heterocycles. The van der Waals surface area contributed by atoms with Crippen LogP contribution in [-0.2, 0) is 0 Å². The van der Waals surface area contributed by atoms with Gasteiger partial charge in [-0.1, -0.05) is 43.2 Å². The van der Waals surface area contributed by atoms with E-state index in [1.165, 1.54) is 22.8 Å². The normalized spacial score (nSPS) is 22.4. The highest BCUT2D eigenvalue weighted by molar-refractivity contribution is 7.98. The van der Waals surface area contributed by atoms with Gasteiger partial charge in [0.2, 0.25) is 0 Å². The van der Waals surface area contributed by atoms with Crippen LogP contribution in [0.5, 0.6) is 5.75 Å². The Balaban J connectivity index is 2.10. The molecule has 3 rings (SSSR count). The van der Waals surface area contributed by atoms with Crippen LogP contribution in [0.1, 0.15) is 37.2 Å². The summed E-state index contributed by atoms with van der Waals surface area (Å²) in [5.41, 5.74) is 1.20. The largest absolute Gasteiger partial charge is 0.483 e. The zero-order valence-electron chi connectivity index (χ0n) is 12.4. The van der Waals surface area contributed by atoms with Crippen LogP contribution in [0.15, 0.2) is 36.4 Å². The molecule has 0 saturated heterocycles. The van der Waals surface area contributed by atoms with Crippen molar-refractivity contribution < 1.29 is 9.84 Å². The maximum absolute atomic E-state index is 10.5. The maximum Gasteiger partial charge on any atom is 0.133 e. The topological polar surface area (TPSA) is 29.5 Å². The third kappa shape index (κ3) is 3.04. The number of aliphatic hydroxyl groups excluding tert-OH is 1. The van der Waals surface area contributed by atoms with E-state index in [0.29, 0.717) is 5.94 Å². The van der Waals surface area contributed by atoms with Crippen molar-refractivity contribution in [1.82, 2.24) is 0 Å². The maximum atomic E-state index is 10.5. The van der Waals surface area contributed by atoms with Gasteiger partial charge in [-0.3, -0.25) is 0 Å². The van der Waals surface area contributed by atoms with Crippen molar-refractivity contribution in [2.75, 3.05) is 12.2 Å². The molecule has 3 heteroatoms. The van der Waals surface area contributed by atoms with Crippen LogP contribution >= 0.6 is 11.8 Å². The summed E-state index contributed by atoms with van der Waals surface area (Å²) in [4.78, 5) is 0. The van der Waals surface area contributed by atoms with Gasteiger partial charge in [0.25, 0.3) is 0 Å². The van der Waals surface area contributed by atoms with E-state index in [4.69, 9.17) is 4.74 Å². The van der Waals surface area contributed by atoms with Gasteiger partial charge in [0.05, 0.1) is 6.10 Å². The first-order valence-corrected chi connectivity index (χ1v) is 9.02. The molecule has 21 heavy (non-hydrogen) atoms. The molecular weight excluding hydrogens is 280 g/mol. The van der Waals surface area contributed by atoms with E-state index in [9.17, 15) is 5.11 Å². The van der Waals surface area contributed by atoms with Gasteiger partial charge in [0.1, 0.15) is 11.7 Å². The molecule has 1 saturated carbocycles. The molecule has 2 atom stereocenters. The molecule has 0 amide bonds. The zero-order chi connectivity index (χ0) is 14.7. The van der Waals surface area contributed by atoms with E-state index < -0.39 is 0 Å². The van der Waals surface area contributed by atoms with Crippen LogP contribution < -0.4 is 4.74 Å². The second kappa shape index (κ2) is 6.71. The number of aliphatic hydroxyl groups is 1. The Hall–Kier alpha value is -1.19. The number of fused-ring (bicyclic) bond motifs is 1. The molecule has 0 bridgehead atoms. The molecular formula is C18H22O2S. The Morgan fingerprint density at radius 3 is 2.76 bits per heavy atom. The number of hydrogen-bond donors (Lipinski definition) is 1. The highest BCUT2D eigenvalue weighted by Crippen LogP contribution is 2.41. The predicted molar refractivity (Wildman–Crippen MR) is 90.2 cm³/mol. The lowest BCUT2D eigenvalue weighted by atomic mass is 9.79. The van der Waals surface area contributed by atoms with Gasteiger partial charge in [-0.05, 0) is 35.9 Å². The van der Waals surface area contributed by atoms with Crippen LogP contribution in [0.4, 0.5) is 0 Å². The van der Waals surface area contributed by atoms with Gasteiger partial charge in [-0.15, -0.1) is 11.8 Å². The Bertz CT molecular complexity index is 611. The van der Waals surface area contributed by atoms with E-state index >= 15 is 0 Å². The SMILES string of the molecule is CSCOc1ccc2ccccc2c1[C@@H]1CCCC[C@@H]1O. The first-order chi connectivity index (χ1) is 10.3. The third-order valence-corrected chi connectivity index (χ3v) is 4.72. The van der Waals surface area contributed by atoms with Crippen LogP contribution in [0, 0.1) is 0 Å². The van der Waals surface area contributed by atoms with Gasteiger partial charge < -0.3 is 9.84 Å². The van der Waals surface area contributed by atoms with Crippen molar-refractivity contribution in [1.29, 1.82) is 0 Å². The molecule has 0 aromatic heterocycles. The van der Waals surface area contributed by atoms with E-state index in [0.717, 1.165) is 25.0 Å². The zero-order valence-corrected chi connectivity index (χ0v) is 13.2. The van der Waals surface area contributed by atoms with E-state index in [2.05, 4.69) is 36.4 Å². The first kappa shape index (κ1) is 14.7. The summed E-state index contributed by atoms with van der Waals surface area (Å²) in [6.07, 6.45) is 6.05. The fraction of sp³-hybridized carbons (Fsp3) is 0.444. The molecule has 0 spiro atoms. The molecule has 1 aliphatic carbocycles. The van der Waals surface area contributed by atoms with Gasteiger partial charge in [0, 0.05) is 11.5 Å². The monoisotopic (exact) mass is 302 g/mol. The molecule has 0 unspecified atom stereocenters. The number of rotatable bonds is 4. The molecule has 2 aromatic carbocycles. The molecule has 2 nitrogen and oxygen atoms in total. The van der Waals surface area contributed by atoms with Crippen LogP contribution in [0.3, 0.4) is 0 Å². The van der Waals surface area contributed by atoms with Crippen molar-refractivity contribution in [3.05, 3.63) is 42.0 Å². The predicted octanol–water partition coefficient (Wildman–Crippen LogP) is 4.56. The van der Waals surface area contributed by atoms with Crippen LogP contribution in [0.2, 0.25) is 0 Å². The summed E-state index contributed by atoms with van der Waals surface area (Å²) in [6.45, 7) is 0. The second-order valence-electron chi connectivity index (χ2n) is 5.71. The Kier molecular flexibility index (Phi) is 4.71. The van der Waals surface area contributed by atoms with E-state index in [-0.39, 0.29) is 12.0 Å². The molecule has 1 aliphatic rings. The summed E-state index contributed by atoms with van der Waals surface area (Å²) >= 11 is 1.67. The number of thioether (sulfide) groups is 1. The Labute approximate surface area is 130 Å². The summed E-state index contributed by atoms with van der Waals surface area (Å²) in [6, 6.07) is 12.6. The lowest BCUT2D eigenvalue weighted by Gasteiger charge is -2.30. The molecule has 0 aliphatic heterocycles. The molecule has 1 N–H and O–H groups in total. The molecule has 2 aromatic rings. The Morgan fingerprint density at radius 1 is 1.14 bits per heavy atom. The highest BCUT2D eigenvalue weighted by atomic mass is 32.2. The van der Waals surface area contributed by atoms with Crippen molar-refractivity contribution in [3.63, 3.8) is 0 Å². The summed E-state index contributed by atoms with van der Waals surface area (Å²) in [7, 11) is 0. The molecule has 1 fully saturated rings. The first-order valence-electron chi connectivity index (χ1n) is 7.62. The second-order valence-corrected chi connectivity index (χ2v) is 6.52. The average Bonchev–Trinajstić information content (AvgIpc) is 2.53. The van der Waals surface area contributed by atoms with Gasteiger partial charge in [0.15, 0.2) is 0 Å². The number of benzene rings is 2. The van der Waals surface area contributed by atoms with Crippen molar-refractivity contribution in [2.24, 2.45) is 0 Å². The van der Waals surface area contributed by atoms with Crippen molar-refractivity contribution in [3.8, 4) is 5.75 Å². The van der Waals surface area contributed by atoms with Crippen LogP contribution in [0.25, 0.3) is 10.8 Å². The van der Waals surface area contributed by atoms with Crippen LogP contribution in [-0.4, -0.2) is 23.4 Å². The quantitative estimate of drug-likeness (QED) is 0.840. The summed E-state index contributed by atoms with van der Waals surface area (Å²) < 4.78 is 5.95. The lowest BCUT2D eigenvalue weighted by molar-refractivity contribution is 0.105. The van der Waals surface area contributed by atoms with E-state index in [1.807, 2.05) is 6.26 Å². The number of ether oxygens (including phenoxy) is 1. The highest BCUT2D eigenvalue weighted by Gasteiger charge is 2.28. The molecule has 112 valence electrons. The Morgan fingerprint density at radius 2 is 1.95 bits per heavy atom. The third-order valence-electron chi connectivity index (χ3n) is 4.36. The summed E-state index contributed by atoms with van der Waals surface area (Å²) in [5.74, 6) is 1.78. The van der Waals surface area contributed by atoms with Gasteiger partial charge >= 0.3 is 0 Å². The minimum atomic E-state index is -0.249. The van der Waals surface area contributed by atoms with Crippen molar-refractivity contribution >= 4 is 22.5 Å². The smallest absolute Gasteiger partial charge is 0.133 e. The molecule has 0 radical (unpaired) electrons. The standard InChI is InChI=1S/C18H22O2S/c1-21-12-20-17-11-10-13-6-2-3-7-14(13)18(17)15-8-4-5-9-16(15)19/h2-3,6-7,10-11,15-16,19H,4-5,8-9,12H2,1H3/t15-,16+/m1/s1.